The number of H-pyrrole nitrogens is 1. The third-order valence-corrected chi connectivity index (χ3v) is 3.67. The molecule has 0 saturated heterocycles. The van der Waals surface area contributed by atoms with E-state index in [0.717, 1.165) is 11.3 Å². The quantitative estimate of drug-likeness (QED) is 0.778. The second kappa shape index (κ2) is 6.44. The number of aryl methyl sites for hydroxylation is 2. The number of nitrogens with zero attached hydrogens (tertiary/aromatic N) is 1. The number of hydrogen-bond acceptors (Lipinski definition) is 3. The summed E-state index contributed by atoms with van der Waals surface area (Å²) in [6.07, 6.45) is 0.646. The summed E-state index contributed by atoms with van der Waals surface area (Å²) in [6, 6.07) is 14.8. The smallest absolute Gasteiger partial charge is 0.258 e. The molecule has 1 aromatic heterocycles. The minimum Gasteiger partial charge on any atom is -0.326 e. The van der Waals surface area contributed by atoms with Gasteiger partial charge >= 0.3 is 0 Å². The second-order valence-electron chi connectivity index (χ2n) is 5.39. The predicted octanol–water partition coefficient (Wildman–Crippen LogP) is 2.80. The molecular formula is C18H17N3O2. The third-order valence-electron chi connectivity index (χ3n) is 3.67. The van der Waals surface area contributed by atoms with Crippen molar-refractivity contribution in [3.05, 3.63) is 70.3 Å². The zero-order valence-corrected chi connectivity index (χ0v) is 12.8. The molecule has 0 aliphatic carbocycles. The molecule has 3 rings (SSSR count). The van der Waals surface area contributed by atoms with Crippen LogP contribution in [0.1, 0.15) is 17.8 Å². The molecule has 3 aromatic rings. The van der Waals surface area contributed by atoms with Crippen molar-refractivity contribution in [1.29, 1.82) is 0 Å². The van der Waals surface area contributed by atoms with E-state index in [4.69, 9.17) is 0 Å². The Morgan fingerprint density at radius 2 is 1.87 bits per heavy atom. The summed E-state index contributed by atoms with van der Waals surface area (Å²) in [4.78, 5) is 31.2. The Morgan fingerprint density at radius 1 is 1.13 bits per heavy atom. The maximum Gasteiger partial charge on any atom is 0.258 e. The van der Waals surface area contributed by atoms with Crippen LogP contribution in [0.2, 0.25) is 0 Å². The molecule has 0 saturated carbocycles. The highest BCUT2D eigenvalue weighted by molar-refractivity contribution is 5.91. The van der Waals surface area contributed by atoms with Crippen LogP contribution in [-0.2, 0) is 11.2 Å². The highest BCUT2D eigenvalue weighted by Gasteiger charge is 2.08. The summed E-state index contributed by atoms with van der Waals surface area (Å²) in [5.41, 5.74) is 2.28. The van der Waals surface area contributed by atoms with Crippen LogP contribution in [0.3, 0.4) is 0 Å². The molecule has 0 aliphatic rings. The number of hydrogen-bond donors (Lipinski definition) is 2. The lowest BCUT2D eigenvalue weighted by Gasteiger charge is -2.08. The van der Waals surface area contributed by atoms with Gasteiger partial charge in [0, 0.05) is 18.5 Å². The minimum absolute atomic E-state index is 0.102. The fourth-order valence-electron chi connectivity index (χ4n) is 2.41. The average Bonchev–Trinajstić information content (AvgIpc) is 2.55. The molecule has 1 heterocycles. The number of aromatic amines is 1. The van der Waals surface area contributed by atoms with Crippen LogP contribution in [-0.4, -0.2) is 15.9 Å². The fourth-order valence-corrected chi connectivity index (χ4v) is 2.41. The van der Waals surface area contributed by atoms with Gasteiger partial charge in [-0.2, -0.15) is 0 Å². The van der Waals surface area contributed by atoms with Gasteiger partial charge in [-0.1, -0.05) is 30.3 Å². The zero-order chi connectivity index (χ0) is 16.2. The van der Waals surface area contributed by atoms with Gasteiger partial charge in [0.1, 0.15) is 5.82 Å². The largest absolute Gasteiger partial charge is 0.326 e. The van der Waals surface area contributed by atoms with Crippen LogP contribution in [0.4, 0.5) is 5.69 Å². The molecule has 5 heteroatoms. The first-order chi connectivity index (χ1) is 11.1. The van der Waals surface area contributed by atoms with Crippen LogP contribution in [0.25, 0.3) is 10.9 Å². The van der Waals surface area contributed by atoms with Crippen LogP contribution in [0.15, 0.2) is 53.3 Å². The number of aromatic nitrogens is 2. The number of benzene rings is 2. The molecule has 116 valence electrons. The Bertz CT molecular complexity index is 915. The highest BCUT2D eigenvalue weighted by atomic mass is 16.1. The standard InChI is InChI=1S/C18H17N3O2/c1-12-6-2-4-8-14(12)20-17(22)11-10-16-19-15-9-5-3-7-13(15)18(23)21-16/h2-9H,10-11H2,1H3,(H,20,22)(H,19,21,23). The van der Waals surface area contributed by atoms with Gasteiger partial charge in [-0.15, -0.1) is 0 Å². The summed E-state index contributed by atoms with van der Waals surface area (Å²) < 4.78 is 0. The number of para-hydroxylation sites is 2. The minimum atomic E-state index is -0.176. The van der Waals surface area contributed by atoms with Crippen molar-refractivity contribution in [3.63, 3.8) is 0 Å². The molecule has 0 radical (unpaired) electrons. The lowest BCUT2D eigenvalue weighted by atomic mass is 10.2. The topological polar surface area (TPSA) is 74.8 Å². The van der Waals surface area contributed by atoms with E-state index in [2.05, 4.69) is 15.3 Å². The van der Waals surface area contributed by atoms with E-state index in [1.807, 2.05) is 37.3 Å². The van der Waals surface area contributed by atoms with Gasteiger partial charge in [-0.05, 0) is 30.7 Å². The molecule has 23 heavy (non-hydrogen) atoms. The number of amides is 1. The van der Waals surface area contributed by atoms with Crippen LogP contribution < -0.4 is 10.9 Å². The molecule has 1 amide bonds. The van der Waals surface area contributed by atoms with Crippen LogP contribution >= 0.6 is 0 Å². The summed E-state index contributed by atoms with van der Waals surface area (Å²) in [6.45, 7) is 1.94. The van der Waals surface area contributed by atoms with Gasteiger partial charge in [0.15, 0.2) is 0 Å². The van der Waals surface area contributed by atoms with Crippen molar-refractivity contribution in [2.24, 2.45) is 0 Å². The van der Waals surface area contributed by atoms with Crippen LogP contribution in [0, 0.1) is 6.92 Å². The van der Waals surface area contributed by atoms with E-state index in [-0.39, 0.29) is 17.9 Å². The Labute approximate surface area is 133 Å². The Hall–Kier alpha value is -2.95. The van der Waals surface area contributed by atoms with Crippen molar-refractivity contribution in [1.82, 2.24) is 9.97 Å². The normalized spacial score (nSPS) is 10.7. The van der Waals surface area contributed by atoms with E-state index in [1.165, 1.54) is 0 Å². The van der Waals surface area contributed by atoms with Crippen molar-refractivity contribution < 1.29 is 4.79 Å². The molecule has 0 atom stereocenters. The Balaban J connectivity index is 1.70. The molecule has 0 spiro atoms. The number of anilines is 1. The maximum atomic E-state index is 12.1. The van der Waals surface area contributed by atoms with Gasteiger partial charge < -0.3 is 10.3 Å². The summed E-state index contributed by atoms with van der Waals surface area (Å²) in [5, 5.41) is 3.43. The maximum absolute atomic E-state index is 12.1. The zero-order valence-electron chi connectivity index (χ0n) is 12.8. The Morgan fingerprint density at radius 3 is 2.70 bits per heavy atom. The van der Waals surface area contributed by atoms with Crippen molar-refractivity contribution in [2.45, 2.75) is 19.8 Å². The number of nitrogens with one attached hydrogen (secondary N) is 2. The van der Waals surface area contributed by atoms with Gasteiger partial charge in [-0.25, -0.2) is 4.98 Å². The summed E-state index contributed by atoms with van der Waals surface area (Å²) in [7, 11) is 0. The van der Waals surface area contributed by atoms with Crippen molar-refractivity contribution in [3.8, 4) is 0 Å². The monoisotopic (exact) mass is 307 g/mol. The van der Waals surface area contributed by atoms with Gasteiger partial charge in [-0.3, -0.25) is 9.59 Å². The highest BCUT2D eigenvalue weighted by Crippen LogP contribution is 2.13. The first kappa shape index (κ1) is 15.0. The van der Waals surface area contributed by atoms with Gasteiger partial charge in [0.25, 0.3) is 5.56 Å². The van der Waals surface area contributed by atoms with Gasteiger partial charge in [0.2, 0.25) is 5.91 Å². The number of rotatable bonds is 4. The summed E-state index contributed by atoms with van der Waals surface area (Å²) in [5.74, 6) is 0.420. The third kappa shape index (κ3) is 3.45. The molecular weight excluding hydrogens is 290 g/mol. The average molecular weight is 307 g/mol. The number of carbonyl (C=O) groups is 1. The molecule has 0 unspecified atom stereocenters. The first-order valence-electron chi connectivity index (χ1n) is 7.47. The van der Waals surface area contributed by atoms with E-state index in [0.29, 0.717) is 23.1 Å². The molecule has 0 fully saturated rings. The molecule has 5 nitrogen and oxygen atoms in total. The van der Waals surface area contributed by atoms with E-state index in [1.54, 1.807) is 18.2 Å². The SMILES string of the molecule is Cc1ccccc1NC(=O)CCc1nc2ccccc2c(=O)[nH]1. The Kier molecular flexibility index (Phi) is 4.19. The van der Waals surface area contributed by atoms with Crippen molar-refractivity contribution >= 4 is 22.5 Å². The molecule has 2 aromatic carbocycles. The lowest BCUT2D eigenvalue weighted by molar-refractivity contribution is -0.116. The summed E-state index contributed by atoms with van der Waals surface area (Å²) >= 11 is 0. The molecule has 0 bridgehead atoms. The number of fused-ring (bicyclic) bond motifs is 1. The first-order valence-corrected chi connectivity index (χ1v) is 7.47. The van der Waals surface area contributed by atoms with Gasteiger partial charge in [0.05, 0.1) is 10.9 Å². The fraction of sp³-hybridized carbons (Fsp3) is 0.167. The molecule has 2 N–H and O–H groups in total. The second-order valence-corrected chi connectivity index (χ2v) is 5.39. The molecule has 0 aliphatic heterocycles. The van der Waals surface area contributed by atoms with Crippen LogP contribution in [0.5, 0.6) is 0 Å². The van der Waals surface area contributed by atoms with Crippen molar-refractivity contribution in [2.75, 3.05) is 5.32 Å². The number of carbonyl (C=O) groups excluding carboxylic acids is 1. The van der Waals surface area contributed by atoms with E-state index in [9.17, 15) is 9.59 Å². The van der Waals surface area contributed by atoms with E-state index >= 15 is 0 Å². The van der Waals surface area contributed by atoms with E-state index < -0.39 is 0 Å². The predicted molar refractivity (Wildman–Crippen MR) is 90.5 cm³/mol. The lowest BCUT2D eigenvalue weighted by Crippen LogP contribution is -2.16.